The first-order valence-corrected chi connectivity index (χ1v) is 8.45. The largest absolute Gasteiger partial charge is 0.380 e. The first-order chi connectivity index (χ1) is 10.2. The highest BCUT2D eigenvalue weighted by molar-refractivity contribution is 14.0. The van der Waals surface area contributed by atoms with Crippen LogP contribution in [-0.2, 0) is 4.74 Å². The predicted octanol–water partition coefficient (Wildman–Crippen LogP) is 2.71. The molecule has 0 aliphatic rings. The Morgan fingerprint density at radius 1 is 1.00 bits per heavy atom. The van der Waals surface area contributed by atoms with Gasteiger partial charge in [-0.25, -0.2) is 0 Å². The monoisotopic (exact) mass is 428 g/mol. The Hall–Kier alpha value is -0.0800. The molecule has 0 bridgehead atoms. The quantitative estimate of drug-likeness (QED) is 0.205. The maximum atomic E-state index is 5.31. The Balaban J connectivity index is 0. The standard InChI is InChI=1S/C16H36N4O.HI/c1-5-17-16(19-13-15-21-6-2)18-12-10-8-7-9-11-14-20(3)4;/h5-15H2,1-4H3,(H2,17,18,19);1H. The van der Waals surface area contributed by atoms with Gasteiger partial charge in [0.15, 0.2) is 5.96 Å². The van der Waals surface area contributed by atoms with E-state index >= 15 is 0 Å². The van der Waals surface area contributed by atoms with Gasteiger partial charge in [-0.1, -0.05) is 19.3 Å². The van der Waals surface area contributed by atoms with E-state index in [-0.39, 0.29) is 24.0 Å². The van der Waals surface area contributed by atoms with E-state index in [9.17, 15) is 0 Å². The SMILES string of the molecule is CCNC(=NCCCCCCCN(C)C)NCCOCC.I. The van der Waals surface area contributed by atoms with Gasteiger partial charge in [-0.05, 0) is 47.3 Å². The van der Waals surface area contributed by atoms with Crippen molar-refractivity contribution in [1.82, 2.24) is 15.5 Å². The second-order valence-corrected chi connectivity index (χ2v) is 5.46. The molecule has 0 amide bonds. The first-order valence-electron chi connectivity index (χ1n) is 8.45. The number of halogens is 1. The summed E-state index contributed by atoms with van der Waals surface area (Å²) in [6.07, 6.45) is 6.39. The number of guanidine groups is 1. The van der Waals surface area contributed by atoms with E-state index in [1.807, 2.05) is 6.92 Å². The molecule has 0 saturated heterocycles. The summed E-state index contributed by atoms with van der Waals surface area (Å²) in [7, 11) is 4.27. The molecule has 6 heteroatoms. The van der Waals surface area contributed by atoms with Crippen molar-refractivity contribution in [3.8, 4) is 0 Å². The normalized spacial score (nSPS) is 11.4. The number of unbranched alkanes of at least 4 members (excludes halogenated alkanes) is 4. The molecule has 0 atom stereocenters. The molecule has 0 fully saturated rings. The molecule has 22 heavy (non-hydrogen) atoms. The van der Waals surface area contributed by atoms with Crippen LogP contribution >= 0.6 is 24.0 Å². The molecule has 0 radical (unpaired) electrons. The summed E-state index contributed by atoms with van der Waals surface area (Å²) in [5.74, 6) is 0.907. The van der Waals surface area contributed by atoms with Gasteiger partial charge in [0.25, 0.3) is 0 Å². The van der Waals surface area contributed by atoms with Crippen molar-refractivity contribution in [3.05, 3.63) is 0 Å². The zero-order valence-electron chi connectivity index (χ0n) is 15.0. The number of hydrogen-bond acceptors (Lipinski definition) is 3. The third-order valence-electron chi connectivity index (χ3n) is 3.12. The summed E-state index contributed by atoms with van der Waals surface area (Å²) in [4.78, 5) is 6.84. The van der Waals surface area contributed by atoms with Gasteiger partial charge in [0.1, 0.15) is 0 Å². The van der Waals surface area contributed by atoms with Crippen LogP contribution in [0.2, 0.25) is 0 Å². The third kappa shape index (κ3) is 18.0. The van der Waals surface area contributed by atoms with Gasteiger partial charge in [0.05, 0.1) is 6.61 Å². The minimum absolute atomic E-state index is 0. The molecule has 0 aliphatic heterocycles. The average Bonchev–Trinajstić information content (AvgIpc) is 2.45. The summed E-state index contributed by atoms with van der Waals surface area (Å²) in [6.45, 7) is 9.40. The van der Waals surface area contributed by atoms with Crippen LogP contribution in [-0.4, -0.2) is 64.3 Å². The van der Waals surface area contributed by atoms with Gasteiger partial charge in [-0.3, -0.25) is 4.99 Å². The summed E-state index contributed by atoms with van der Waals surface area (Å²) in [6, 6.07) is 0. The number of aliphatic imine (C=N–C) groups is 1. The highest BCUT2D eigenvalue weighted by Gasteiger charge is 1.96. The van der Waals surface area contributed by atoms with Crippen LogP contribution in [0.25, 0.3) is 0 Å². The number of nitrogens with one attached hydrogen (secondary N) is 2. The summed E-state index contributed by atoms with van der Waals surface area (Å²) < 4.78 is 5.31. The lowest BCUT2D eigenvalue weighted by molar-refractivity contribution is 0.152. The molecular weight excluding hydrogens is 391 g/mol. The lowest BCUT2D eigenvalue weighted by Gasteiger charge is -2.11. The molecule has 0 saturated carbocycles. The molecular formula is C16H37IN4O. The average molecular weight is 428 g/mol. The smallest absolute Gasteiger partial charge is 0.191 e. The van der Waals surface area contributed by atoms with Crippen LogP contribution in [0.3, 0.4) is 0 Å². The van der Waals surface area contributed by atoms with E-state index in [0.717, 1.165) is 38.8 Å². The molecule has 0 heterocycles. The molecule has 0 aromatic rings. The van der Waals surface area contributed by atoms with Crippen LogP contribution < -0.4 is 10.6 Å². The van der Waals surface area contributed by atoms with E-state index in [1.54, 1.807) is 0 Å². The zero-order valence-corrected chi connectivity index (χ0v) is 17.3. The van der Waals surface area contributed by atoms with E-state index < -0.39 is 0 Å². The van der Waals surface area contributed by atoms with Gasteiger partial charge in [0, 0.05) is 26.2 Å². The molecule has 0 aromatic heterocycles. The lowest BCUT2D eigenvalue weighted by Crippen LogP contribution is -2.39. The van der Waals surface area contributed by atoms with Crippen molar-refractivity contribution in [2.24, 2.45) is 4.99 Å². The van der Waals surface area contributed by atoms with Crippen molar-refractivity contribution in [1.29, 1.82) is 0 Å². The molecule has 0 spiro atoms. The zero-order chi connectivity index (χ0) is 15.8. The summed E-state index contributed by atoms with van der Waals surface area (Å²) in [5, 5.41) is 6.55. The van der Waals surface area contributed by atoms with Gasteiger partial charge >= 0.3 is 0 Å². The molecule has 0 unspecified atom stereocenters. The van der Waals surface area contributed by atoms with Crippen molar-refractivity contribution in [3.63, 3.8) is 0 Å². The van der Waals surface area contributed by atoms with Crippen molar-refractivity contribution in [2.75, 3.05) is 53.5 Å². The molecule has 0 rings (SSSR count). The third-order valence-corrected chi connectivity index (χ3v) is 3.12. The van der Waals surface area contributed by atoms with Gasteiger partial charge in [0.2, 0.25) is 0 Å². The van der Waals surface area contributed by atoms with Crippen molar-refractivity contribution in [2.45, 2.75) is 46.0 Å². The van der Waals surface area contributed by atoms with Gasteiger partial charge in [-0.15, -0.1) is 24.0 Å². The fourth-order valence-corrected chi connectivity index (χ4v) is 1.99. The maximum absolute atomic E-state index is 5.31. The Kier molecular flexibility index (Phi) is 20.8. The lowest BCUT2D eigenvalue weighted by atomic mass is 10.1. The molecule has 2 N–H and O–H groups in total. The Bertz CT molecular complexity index is 250. The van der Waals surface area contributed by atoms with Gasteiger partial charge < -0.3 is 20.3 Å². The topological polar surface area (TPSA) is 48.9 Å². The van der Waals surface area contributed by atoms with Crippen LogP contribution in [0.5, 0.6) is 0 Å². The number of nitrogens with zero attached hydrogens (tertiary/aromatic N) is 2. The number of ether oxygens (including phenoxy) is 1. The Morgan fingerprint density at radius 2 is 1.68 bits per heavy atom. The van der Waals surface area contributed by atoms with E-state index in [4.69, 9.17) is 4.74 Å². The second kappa shape index (κ2) is 19.0. The fourth-order valence-electron chi connectivity index (χ4n) is 1.99. The second-order valence-electron chi connectivity index (χ2n) is 5.46. The molecule has 0 aliphatic carbocycles. The highest BCUT2D eigenvalue weighted by atomic mass is 127. The summed E-state index contributed by atoms with van der Waals surface area (Å²) >= 11 is 0. The molecule has 0 aromatic carbocycles. The number of hydrogen-bond donors (Lipinski definition) is 2. The van der Waals surface area contributed by atoms with Crippen LogP contribution in [0, 0.1) is 0 Å². The Labute approximate surface area is 154 Å². The first kappa shape index (κ1) is 24.2. The van der Waals surface area contributed by atoms with E-state index in [2.05, 4.69) is 41.5 Å². The van der Waals surface area contributed by atoms with Crippen LogP contribution in [0.4, 0.5) is 0 Å². The predicted molar refractivity (Wildman–Crippen MR) is 108 cm³/mol. The van der Waals surface area contributed by atoms with Crippen LogP contribution in [0.15, 0.2) is 4.99 Å². The highest BCUT2D eigenvalue weighted by Crippen LogP contribution is 2.03. The molecule has 134 valence electrons. The van der Waals surface area contributed by atoms with E-state index in [0.29, 0.717) is 0 Å². The van der Waals surface area contributed by atoms with E-state index in [1.165, 1.54) is 38.6 Å². The molecule has 5 nitrogen and oxygen atoms in total. The minimum Gasteiger partial charge on any atom is -0.380 e. The minimum atomic E-state index is 0. The number of rotatable bonds is 13. The van der Waals surface area contributed by atoms with Crippen molar-refractivity contribution >= 4 is 29.9 Å². The van der Waals surface area contributed by atoms with Gasteiger partial charge in [-0.2, -0.15) is 0 Å². The Morgan fingerprint density at radius 3 is 2.32 bits per heavy atom. The maximum Gasteiger partial charge on any atom is 0.191 e. The summed E-state index contributed by atoms with van der Waals surface area (Å²) in [5.41, 5.74) is 0. The van der Waals surface area contributed by atoms with Crippen LogP contribution in [0.1, 0.15) is 46.0 Å². The fraction of sp³-hybridized carbons (Fsp3) is 0.938. The van der Waals surface area contributed by atoms with Crippen molar-refractivity contribution < 1.29 is 4.74 Å².